The molecule has 0 aliphatic carbocycles. The lowest BCUT2D eigenvalue weighted by Gasteiger charge is -2.12. The number of phenols is 1. The van der Waals surface area contributed by atoms with Crippen LogP contribution in [0, 0.1) is 29.1 Å². The van der Waals surface area contributed by atoms with Gasteiger partial charge in [0.2, 0.25) is 5.91 Å². The average Bonchev–Trinajstić information content (AvgIpc) is 2.40. The van der Waals surface area contributed by atoms with Gasteiger partial charge in [-0.15, -0.1) is 0 Å². The fourth-order valence-electron chi connectivity index (χ4n) is 1.86. The molecular weight excluding hydrogens is 309 g/mol. The van der Waals surface area contributed by atoms with Crippen molar-refractivity contribution < 1.29 is 31.9 Å². The summed E-state index contributed by atoms with van der Waals surface area (Å²) in [7, 11) is 0. The fourth-order valence-corrected chi connectivity index (χ4v) is 1.86. The first-order valence-corrected chi connectivity index (χ1v) is 5.85. The van der Waals surface area contributed by atoms with E-state index in [4.69, 9.17) is 0 Å². The van der Waals surface area contributed by atoms with Crippen LogP contribution in [0.15, 0.2) is 18.2 Å². The number of halogens is 5. The van der Waals surface area contributed by atoms with Gasteiger partial charge < -0.3 is 10.4 Å². The summed E-state index contributed by atoms with van der Waals surface area (Å²) < 4.78 is 67.4. The monoisotopic (exact) mass is 317 g/mol. The van der Waals surface area contributed by atoms with Crippen molar-refractivity contribution >= 4 is 11.6 Å². The van der Waals surface area contributed by atoms with E-state index in [1.54, 1.807) is 0 Å². The molecule has 0 aromatic heterocycles. The molecule has 0 aliphatic rings. The number of nitrogens with one attached hydrogen (secondary N) is 1. The molecule has 0 heterocycles. The van der Waals surface area contributed by atoms with Gasteiger partial charge in [-0.1, -0.05) is 0 Å². The number of carbonyl (C=O) groups excluding carboxylic acids is 1. The largest absolute Gasteiger partial charge is 0.506 e. The lowest BCUT2D eigenvalue weighted by Crippen LogP contribution is -2.07. The number of anilines is 1. The van der Waals surface area contributed by atoms with Crippen LogP contribution < -0.4 is 5.32 Å². The van der Waals surface area contributed by atoms with Gasteiger partial charge in [0.1, 0.15) is 17.4 Å². The van der Waals surface area contributed by atoms with E-state index in [-0.39, 0.29) is 11.8 Å². The Bertz CT molecular complexity index is 777. The molecule has 22 heavy (non-hydrogen) atoms. The molecule has 2 rings (SSSR count). The van der Waals surface area contributed by atoms with E-state index in [0.717, 1.165) is 6.92 Å². The molecule has 1 amide bonds. The molecular formula is C14H8F5NO2. The van der Waals surface area contributed by atoms with Crippen molar-refractivity contribution in [2.24, 2.45) is 0 Å². The molecule has 0 aliphatic heterocycles. The topological polar surface area (TPSA) is 49.3 Å². The van der Waals surface area contributed by atoms with Crippen LogP contribution in [0.25, 0.3) is 11.1 Å². The molecule has 0 unspecified atom stereocenters. The number of carbonyl (C=O) groups is 1. The number of phenolic OH excluding ortho intramolecular Hbond substituents is 1. The van der Waals surface area contributed by atoms with E-state index in [2.05, 4.69) is 5.32 Å². The second-order valence-electron chi connectivity index (χ2n) is 4.37. The highest BCUT2D eigenvalue weighted by Crippen LogP contribution is 2.36. The minimum absolute atomic E-state index is 0.0676. The van der Waals surface area contributed by atoms with Crippen LogP contribution in [0.1, 0.15) is 6.92 Å². The molecule has 0 spiro atoms. The lowest BCUT2D eigenvalue weighted by molar-refractivity contribution is -0.114. The first kappa shape index (κ1) is 15.7. The van der Waals surface area contributed by atoms with Gasteiger partial charge in [0.25, 0.3) is 0 Å². The molecule has 0 saturated heterocycles. The van der Waals surface area contributed by atoms with E-state index in [1.807, 2.05) is 0 Å². The zero-order valence-corrected chi connectivity index (χ0v) is 11.0. The highest BCUT2D eigenvalue weighted by Gasteiger charge is 2.24. The molecule has 116 valence electrons. The van der Waals surface area contributed by atoms with Crippen LogP contribution in [0.3, 0.4) is 0 Å². The first-order valence-electron chi connectivity index (χ1n) is 5.85. The maximum absolute atomic E-state index is 13.8. The van der Waals surface area contributed by atoms with Crippen LogP contribution >= 0.6 is 0 Å². The number of benzene rings is 2. The van der Waals surface area contributed by atoms with Gasteiger partial charge in [0.15, 0.2) is 17.5 Å². The van der Waals surface area contributed by atoms with E-state index in [0.29, 0.717) is 12.1 Å². The van der Waals surface area contributed by atoms with Crippen molar-refractivity contribution in [2.45, 2.75) is 6.92 Å². The molecule has 0 fully saturated rings. The van der Waals surface area contributed by atoms with Crippen molar-refractivity contribution in [1.29, 1.82) is 0 Å². The SMILES string of the molecule is CC(=O)Nc1cc(-c2c(F)cc(F)c(F)c2F)c(F)cc1O. The van der Waals surface area contributed by atoms with Crippen molar-refractivity contribution in [2.75, 3.05) is 5.32 Å². The molecule has 2 N–H and O–H groups in total. The Morgan fingerprint density at radius 1 is 0.955 bits per heavy atom. The van der Waals surface area contributed by atoms with Crippen LogP contribution in [0.5, 0.6) is 5.75 Å². The van der Waals surface area contributed by atoms with Gasteiger partial charge in [-0.05, 0) is 6.07 Å². The quantitative estimate of drug-likeness (QED) is 0.384. The molecule has 0 bridgehead atoms. The molecule has 2 aromatic rings. The summed E-state index contributed by atoms with van der Waals surface area (Å²) in [5.74, 6) is -9.80. The minimum atomic E-state index is -1.97. The second-order valence-corrected chi connectivity index (χ2v) is 4.37. The zero-order valence-electron chi connectivity index (χ0n) is 11.0. The minimum Gasteiger partial charge on any atom is -0.506 e. The van der Waals surface area contributed by atoms with Crippen molar-refractivity contribution in [3.63, 3.8) is 0 Å². The molecule has 3 nitrogen and oxygen atoms in total. The Morgan fingerprint density at radius 3 is 2.18 bits per heavy atom. The number of rotatable bonds is 2. The Kier molecular flexibility index (Phi) is 4.03. The lowest BCUT2D eigenvalue weighted by atomic mass is 10.0. The highest BCUT2D eigenvalue weighted by molar-refractivity contribution is 5.91. The molecule has 2 aromatic carbocycles. The normalized spacial score (nSPS) is 10.6. The Morgan fingerprint density at radius 2 is 1.59 bits per heavy atom. The number of amides is 1. The number of hydrogen-bond acceptors (Lipinski definition) is 2. The van der Waals surface area contributed by atoms with Crippen molar-refractivity contribution in [3.05, 3.63) is 47.3 Å². The summed E-state index contributed by atoms with van der Waals surface area (Å²) in [5, 5.41) is 11.6. The molecule has 0 radical (unpaired) electrons. The van der Waals surface area contributed by atoms with Gasteiger partial charge in [0, 0.05) is 24.6 Å². The summed E-state index contributed by atoms with van der Waals surface area (Å²) in [6.07, 6.45) is 0. The van der Waals surface area contributed by atoms with Gasteiger partial charge in [-0.2, -0.15) is 0 Å². The van der Waals surface area contributed by atoms with Crippen LogP contribution in [0.2, 0.25) is 0 Å². The molecule has 8 heteroatoms. The molecule has 0 saturated carbocycles. The highest BCUT2D eigenvalue weighted by atomic mass is 19.2. The molecule has 0 atom stereocenters. The third-order valence-electron chi connectivity index (χ3n) is 2.78. The summed E-state index contributed by atoms with van der Waals surface area (Å²) >= 11 is 0. The second kappa shape index (κ2) is 5.63. The standard InChI is InChI=1S/C14H8F5NO2/c1-5(21)20-10-2-6(7(15)4-11(10)22)12-8(16)3-9(17)13(18)14(12)19/h2-4,22H,1H3,(H,20,21). The fraction of sp³-hybridized carbons (Fsp3) is 0.0714. The smallest absolute Gasteiger partial charge is 0.221 e. The van der Waals surface area contributed by atoms with E-state index in [9.17, 15) is 31.9 Å². The van der Waals surface area contributed by atoms with E-state index < -0.39 is 51.9 Å². The number of hydrogen-bond donors (Lipinski definition) is 2. The van der Waals surface area contributed by atoms with E-state index in [1.165, 1.54) is 0 Å². The Balaban J connectivity index is 2.73. The summed E-state index contributed by atoms with van der Waals surface area (Å²) in [6.45, 7) is 1.08. The van der Waals surface area contributed by atoms with Gasteiger partial charge in [-0.25, -0.2) is 22.0 Å². The van der Waals surface area contributed by atoms with Gasteiger partial charge >= 0.3 is 0 Å². The average molecular weight is 317 g/mol. The predicted octanol–water partition coefficient (Wildman–Crippen LogP) is 3.71. The summed E-state index contributed by atoms with van der Waals surface area (Å²) in [5.41, 5.74) is -2.27. The third-order valence-corrected chi connectivity index (χ3v) is 2.78. The third kappa shape index (κ3) is 2.72. The predicted molar refractivity (Wildman–Crippen MR) is 67.6 cm³/mol. The zero-order chi connectivity index (χ0) is 16.6. The van der Waals surface area contributed by atoms with Crippen LogP contribution in [-0.2, 0) is 4.79 Å². The van der Waals surface area contributed by atoms with Crippen LogP contribution in [-0.4, -0.2) is 11.0 Å². The van der Waals surface area contributed by atoms with Crippen molar-refractivity contribution in [1.82, 2.24) is 0 Å². The number of aromatic hydroxyl groups is 1. The first-order chi connectivity index (χ1) is 10.2. The summed E-state index contributed by atoms with van der Waals surface area (Å²) in [6, 6.07) is 1.27. The van der Waals surface area contributed by atoms with Crippen LogP contribution in [0.4, 0.5) is 27.6 Å². The Labute approximate surface area is 121 Å². The van der Waals surface area contributed by atoms with E-state index >= 15 is 0 Å². The Hall–Kier alpha value is -2.64. The maximum Gasteiger partial charge on any atom is 0.221 e. The van der Waals surface area contributed by atoms with Crippen molar-refractivity contribution in [3.8, 4) is 16.9 Å². The summed E-state index contributed by atoms with van der Waals surface area (Å²) in [4.78, 5) is 11.0. The van der Waals surface area contributed by atoms with Gasteiger partial charge in [0.05, 0.1) is 11.3 Å². The van der Waals surface area contributed by atoms with Gasteiger partial charge in [-0.3, -0.25) is 4.79 Å². The maximum atomic E-state index is 13.8.